The number of amides is 1. The van der Waals surface area contributed by atoms with Crippen LogP contribution < -0.4 is 5.32 Å². The van der Waals surface area contributed by atoms with Crippen LogP contribution in [-0.4, -0.2) is 28.1 Å². The monoisotopic (exact) mass is 223 g/mol. The molecule has 0 aromatic heterocycles. The van der Waals surface area contributed by atoms with Crippen molar-refractivity contribution in [2.75, 3.05) is 0 Å². The highest BCUT2D eigenvalue weighted by atomic mass is 16.4. The van der Waals surface area contributed by atoms with Gasteiger partial charge in [0.05, 0.1) is 0 Å². The van der Waals surface area contributed by atoms with Gasteiger partial charge in [0.25, 0.3) is 5.91 Å². The van der Waals surface area contributed by atoms with Crippen molar-refractivity contribution in [1.29, 1.82) is 0 Å². The van der Waals surface area contributed by atoms with Crippen molar-refractivity contribution in [3.8, 4) is 0 Å². The minimum Gasteiger partial charge on any atom is -0.480 e. The molecule has 3 N–H and O–H groups in total. The molecule has 2 atom stereocenters. The molecule has 0 spiro atoms. The number of carbonyl (C=O) groups is 2. The van der Waals surface area contributed by atoms with Crippen LogP contribution in [0, 0.1) is 0 Å². The largest absolute Gasteiger partial charge is 0.480 e. The Balaban J connectivity index is 2.65. The molecular weight excluding hydrogens is 210 g/mol. The number of carboxylic acids is 1. The molecule has 0 fully saturated rings. The van der Waals surface area contributed by atoms with Crippen molar-refractivity contribution in [2.24, 2.45) is 0 Å². The van der Waals surface area contributed by atoms with Crippen LogP contribution in [0.3, 0.4) is 0 Å². The summed E-state index contributed by atoms with van der Waals surface area (Å²) in [5, 5.41) is 20.4. The summed E-state index contributed by atoms with van der Waals surface area (Å²) in [7, 11) is 0. The minimum atomic E-state index is -1.34. The van der Waals surface area contributed by atoms with Crippen molar-refractivity contribution >= 4 is 11.9 Å². The number of carbonyl (C=O) groups excluding carboxylic acids is 1. The highest BCUT2D eigenvalue weighted by Gasteiger charge is 2.21. The van der Waals surface area contributed by atoms with Crippen LogP contribution in [0.5, 0.6) is 0 Å². The molecule has 1 rings (SSSR count). The van der Waals surface area contributed by atoms with E-state index in [1.807, 2.05) is 0 Å². The summed E-state index contributed by atoms with van der Waals surface area (Å²) >= 11 is 0. The van der Waals surface area contributed by atoms with Gasteiger partial charge >= 0.3 is 5.97 Å². The first kappa shape index (κ1) is 12.2. The third-order valence-corrected chi connectivity index (χ3v) is 2.09. The second kappa shape index (κ2) is 5.27. The lowest BCUT2D eigenvalue weighted by Crippen LogP contribution is -2.40. The molecule has 0 saturated carbocycles. The summed E-state index contributed by atoms with van der Waals surface area (Å²) in [5.41, 5.74) is 0.428. The van der Waals surface area contributed by atoms with E-state index >= 15 is 0 Å². The van der Waals surface area contributed by atoms with Crippen molar-refractivity contribution in [2.45, 2.75) is 19.1 Å². The summed E-state index contributed by atoms with van der Waals surface area (Å²) in [6.07, 6.45) is -1.34. The molecule has 0 heterocycles. The number of aliphatic hydroxyl groups is 1. The molecular formula is C11H13NO4. The second-order valence-electron chi connectivity index (χ2n) is 3.38. The first-order valence-corrected chi connectivity index (χ1v) is 4.78. The molecule has 0 unspecified atom stereocenters. The number of hydrogen-bond donors (Lipinski definition) is 3. The summed E-state index contributed by atoms with van der Waals surface area (Å²) in [6, 6.07) is 7.30. The Morgan fingerprint density at radius 3 is 2.31 bits per heavy atom. The van der Waals surface area contributed by atoms with Gasteiger partial charge in [-0.2, -0.15) is 0 Å². The van der Waals surface area contributed by atoms with Gasteiger partial charge in [-0.15, -0.1) is 0 Å². The number of benzene rings is 1. The Hall–Kier alpha value is -1.88. The Morgan fingerprint density at radius 2 is 1.81 bits per heavy atom. The molecule has 1 aromatic rings. The van der Waals surface area contributed by atoms with Gasteiger partial charge < -0.3 is 15.5 Å². The molecule has 86 valence electrons. The molecule has 5 heteroatoms. The van der Waals surface area contributed by atoms with Gasteiger partial charge in [-0.25, -0.2) is 0 Å². The average molecular weight is 223 g/mol. The maximum absolute atomic E-state index is 11.4. The predicted molar refractivity (Wildman–Crippen MR) is 56.6 cm³/mol. The summed E-state index contributed by atoms with van der Waals surface area (Å²) < 4.78 is 0. The van der Waals surface area contributed by atoms with E-state index in [1.54, 1.807) is 30.3 Å². The zero-order valence-electron chi connectivity index (χ0n) is 8.75. The number of hydrogen-bond acceptors (Lipinski definition) is 3. The van der Waals surface area contributed by atoms with Gasteiger partial charge in [-0.1, -0.05) is 30.3 Å². The topological polar surface area (TPSA) is 86.6 Å². The SMILES string of the molecule is C[C@H](NC(=O)[C@H](O)c1ccccc1)C(=O)O. The van der Waals surface area contributed by atoms with E-state index in [1.165, 1.54) is 6.92 Å². The molecule has 0 aliphatic carbocycles. The van der Waals surface area contributed by atoms with E-state index in [0.717, 1.165) is 0 Å². The standard InChI is InChI=1S/C11H13NO4/c1-7(11(15)16)12-10(14)9(13)8-5-3-2-4-6-8/h2-7,9,13H,1H3,(H,12,14)(H,15,16)/t7-,9+/m0/s1. The molecule has 16 heavy (non-hydrogen) atoms. The second-order valence-corrected chi connectivity index (χ2v) is 3.38. The van der Waals surface area contributed by atoms with E-state index < -0.39 is 24.0 Å². The van der Waals surface area contributed by atoms with Crippen LogP contribution in [0.15, 0.2) is 30.3 Å². The van der Waals surface area contributed by atoms with Gasteiger partial charge in [0.15, 0.2) is 6.10 Å². The zero-order valence-corrected chi connectivity index (χ0v) is 8.75. The lowest BCUT2D eigenvalue weighted by Gasteiger charge is -2.13. The fraction of sp³-hybridized carbons (Fsp3) is 0.273. The highest BCUT2D eigenvalue weighted by Crippen LogP contribution is 2.11. The fourth-order valence-electron chi connectivity index (χ4n) is 1.14. The van der Waals surface area contributed by atoms with E-state index in [9.17, 15) is 14.7 Å². The van der Waals surface area contributed by atoms with Crippen LogP contribution in [-0.2, 0) is 9.59 Å². The molecule has 0 aliphatic rings. The number of rotatable bonds is 4. The first-order valence-electron chi connectivity index (χ1n) is 4.78. The Bertz CT molecular complexity index is 377. The molecule has 0 saturated heterocycles. The van der Waals surface area contributed by atoms with E-state index in [-0.39, 0.29) is 0 Å². The van der Waals surface area contributed by atoms with Gasteiger partial charge in [-0.3, -0.25) is 9.59 Å². The third-order valence-electron chi connectivity index (χ3n) is 2.09. The average Bonchev–Trinajstić information content (AvgIpc) is 2.28. The lowest BCUT2D eigenvalue weighted by atomic mass is 10.1. The van der Waals surface area contributed by atoms with Crippen molar-refractivity contribution in [3.05, 3.63) is 35.9 Å². The maximum atomic E-state index is 11.4. The molecule has 0 aliphatic heterocycles. The molecule has 1 amide bonds. The fourth-order valence-corrected chi connectivity index (χ4v) is 1.14. The van der Waals surface area contributed by atoms with Crippen LogP contribution in [0.25, 0.3) is 0 Å². The van der Waals surface area contributed by atoms with Crippen molar-refractivity contribution < 1.29 is 19.8 Å². The summed E-state index contributed by atoms with van der Waals surface area (Å²) in [5.74, 6) is -1.87. The Labute approximate surface area is 92.7 Å². The normalized spacial score (nSPS) is 13.9. The van der Waals surface area contributed by atoms with E-state index in [0.29, 0.717) is 5.56 Å². The molecule has 0 bridgehead atoms. The highest BCUT2D eigenvalue weighted by molar-refractivity contribution is 5.86. The minimum absolute atomic E-state index is 0.428. The van der Waals surface area contributed by atoms with Gasteiger partial charge in [0.1, 0.15) is 6.04 Å². The van der Waals surface area contributed by atoms with E-state index in [2.05, 4.69) is 5.32 Å². The lowest BCUT2D eigenvalue weighted by molar-refractivity contribution is -0.142. The number of aliphatic hydroxyl groups excluding tert-OH is 1. The smallest absolute Gasteiger partial charge is 0.325 e. The summed E-state index contributed by atoms with van der Waals surface area (Å²) in [4.78, 5) is 21.9. The molecule has 5 nitrogen and oxygen atoms in total. The van der Waals surface area contributed by atoms with Crippen LogP contribution in [0.4, 0.5) is 0 Å². The van der Waals surface area contributed by atoms with E-state index in [4.69, 9.17) is 5.11 Å². The van der Waals surface area contributed by atoms with Crippen LogP contribution >= 0.6 is 0 Å². The van der Waals surface area contributed by atoms with Gasteiger partial charge in [0.2, 0.25) is 0 Å². The van der Waals surface area contributed by atoms with Crippen LogP contribution in [0.2, 0.25) is 0 Å². The Morgan fingerprint density at radius 1 is 1.25 bits per heavy atom. The predicted octanol–water partition coefficient (Wildman–Crippen LogP) is 0.309. The molecule has 1 aromatic carbocycles. The van der Waals surface area contributed by atoms with Crippen molar-refractivity contribution in [3.63, 3.8) is 0 Å². The Kier molecular flexibility index (Phi) is 4.02. The first-order chi connectivity index (χ1) is 7.52. The summed E-state index contributed by atoms with van der Waals surface area (Å²) in [6.45, 7) is 1.33. The van der Waals surface area contributed by atoms with Gasteiger partial charge in [0, 0.05) is 0 Å². The molecule has 0 radical (unpaired) electrons. The van der Waals surface area contributed by atoms with Gasteiger partial charge in [-0.05, 0) is 12.5 Å². The quantitative estimate of drug-likeness (QED) is 0.685. The zero-order chi connectivity index (χ0) is 12.1. The number of nitrogens with one attached hydrogen (secondary N) is 1. The number of carboxylic acid groups (broad SMARTS) is 1. The maximum Gasteiger partial charge on any atom is 0.325 e. The van der Waals surface area contributed by atoms with Crippen molar-refractivity contribution in [1.82, 2.24) is 5.32 Å². The third kappa shape index (κ3) is 3.06. The number of aliphatic carboxylic acids is 1. The van der Waals surface area contributed by atoms with Crippen LogP contribution in [0.1, 0.15) is 18.6 Å².